The number of imidazole rings is 1. The number of aromatic amines is 1. The van der Waals surface area contributed by atoms with Crippen LogP contribution in [0.1, 0.15) is 5.69 Å². The fourth-order valence-electron chi connectivity index (χ4n) is 1.40. The summed E-state index contributed by atoms with van der Waals surface area (Å²) in [6.07, 6.45) is 4.52. The van der Waals surface area contributed by atoms with Gasteiger partial charge in [-0.1, -0.05) is 0 Å². The number of aromatic nitrogens is 5. The molecule has 0 aliphatic rings. The lowest BCUT2D eigenvalue weighted by Gasteiger charge is -1.88. The molecule has 6 heteroatoms. The first-order valence-electron chi connectivity index (χ1n) is 4.41. The lowest BCUT2D eigenvalue weighted by Crippen LogP contribution is -1.80. The van der Waals surface area contributed by atoms with Crippen molar-refractivity contribution >= 4 is 11.2 Å². The SMILES string of the molecule is Cc1ncoc1-c1nc2ncncc2[nH]1. The van der Waals surface area contributed by atoms with Crippen LogP contribution in [0.3, 0.4) is 0 Å². The van der Waals surface area contributed by atoms with Gasteiger partial charge in [0.15, 0.2) is 23.6 Å². The summed E-state index contributed by atoms with van der Waals surface area (Å²) in [5.74, 6) is 1.26. The monoisotopic (exact) mass is 201 g/mol. The summed E-state index contributed by atoms with van der Waals surface area (Å²) < 4.78 is 5.23. The molecule has 0 amide bonds. The van der Waals surface area contributed by atoms with Gasteiger partial charge in [0, 0.05) is 0 Å². The van der Waals surface area contributed by atoms with E-state index in [-0.39, 0.29) is 0 Å². The molecule has 0 aromatic carbocycles. The summed E-state index contributed by atoms with van der Waals surface area (Å²) in [7, 11) is 0. The summed E-state index contributed by atoms with van der Waals surface area (Å²) in [5.41, 5.74) is 2.20. The smallest absolute Gasteiger partial charge is 0.192 e. The van der Waals surface area contributed by atoms with Gasteiger partial charge < -0.3 is 9.40 Å². The lowest BCUT2D eigenvalue weighted by atomic mass is 10.3. The molecule has 0 aliphatic carbocycles. The highest BCUT2D eigenvalue weighted by Crippen LogP contribution is 2.20. The van der Waals surface area contributed by atoms with Gasteiger partial charge in [-0.2, -0.15) is 0 Å². The topological polar surface area (TPSA) is 80.5 Å². The number of hydrogen-bond donors (Lipinski definition) is 1. The zero-order valence-electron chi connectivity index (χ0n) is 7.93. The molecule has 0 spiro atoms. The van der Waals surface area contributed by atoms with Gasteiger partial charge in [-0.25, -0.2) is 19.9 Å². The molecule has 0 saturated heterocycles. The van der Waals surface area contributed by atoms with Gasteiger partial charge >= 0.3 is 0 Å². The van der Waals surface area contributed by atoms with Crippen LogP contribution in [0, 0.1) is 6.92 Å². The number of fused-ring (bicyclic) bond motifs is 1. The maximum Gasteiger partial charge on any atom is 0.192 e. The standard InChI is InChI=1S/C9H7N5O/c1-5-7(15-4-12-5)9-13-6-2-10-3-11-8(6)14-9/h2-4H,1H3,(H,10,11,13,14). The Bertz CT molecular complexity index is 579. The largest absolute Gasteiger partial charge is 0.440 e. The highest BCUT2D eigenvalue weighted by molar-refractivity contribution is 5.73. The molecule has 3 aromatic rings. The molecule has 0 unspecified atom stereocenters. The van der Waals surface area contributed by atoms with Crippen LogP contribution in [0.15, 0.2) is 23.3 Å². The first kappa shape index (κ1) is 8.10. The fraction of sp³-hybridized carbons (Fsp3) is 0.111. The Kier molecular flexibility index (Phi) is 1.55. The molecule has 3 heterocycles. The number of aryl methyl sites for hydroxylation is 1. The Labute approximate surface area is 84.4 Å². The van der Waals surface area contributed by atoms with Gasteiger partial charge in [-0.15, -0.1) is 0 Å². The van der Waals surface area contributed by atoms with E-state index < -0.39 is 0 Å². The summed E-state index contributed by atoms with van der Waals surface area (Å²) in [4.78, 5) is 19.3. The maximum absolute atomic E-state index is 5.23. The maximum atomic E-state index is 5.23. The van der Waals surface area contributed by atoms with E-state index in [0.29, 0.717) is 17.2 Å². The predicted octanol–water partition coefficient (Wildman–Crippen LogP) is 1.32. The molecule has 0 radical (unpaired) electrons. The third-order valence-electron chi connectivity index (χ3n) is 2.12. The van der Waals surface area contributed by atoms with Crippen LogP contribution < -0.4 is 0 Å². The summed E-state index contributed by atoms with van der Waals surface area (Å²) in [6.45, 7) is 1.86. The minimum Gasteiger partial charge on any atom is -0.440 e. The van der Waals surface area contributed by atoms with E-state index in [1.165, 1.54) is 12.7 Å². The molecule has 3 aromatic heterocycles. The molecule has 0 bridgehead atoms. The van der Waals surface area contributed by atoms with Crippen LogP contribution in [0.5, 0.6) is 0 Å². The fourth-order valence-corrected chi connectivity index (χ4v) is 1.40. The van der Waals surface area contributed by atoms with Crippen molar-refractivity contribution in [2.75, 3.05) is 0 Å². The van der Waals surface area contributed by atoms with Crippen molar-refractivity contribution in [1.82, 2.24) is 24.9 Å². The zero-order valence-corrected chi connectivity index (χ0v) is 7.93. The predicted molar refractivity (Wildman–Crippen MR) is 51.9 cm³/mol. The average Bonchev–Trinajstić information content (AvgIpc) is 2.82. The van der Waals surface area contributed by atoms with Gasteiger partial charge in [0.25, 0.3) is 0 Å². The van der Waals surface area contributed by atoms with Crippen molar-refractivity contribution in [2.24, 2.45) is 0 Å². The quantitative estimate of drug-likeness (QED) is 0.642. The van der Waals surface area contributed by atoms with Crippen LogP contribution in [-0.4, -0.2) is 24.9 Å². The Hall–Kier alpha value is -2.24. The Balaban J connectivity index is 2.24. The number of nitrogens with zero attached hydrogens (tertiary/aromatic N) is 4. The van der Waals surface area contributed by atoms with Gasteiger partial charge in [-0.3, -0.25) is 0 Å². The van der Waals surface area contributed by atoms with Crippen LogP contribution in [-0.2, 0) is 0 Å². The van der Waals surface area contributed by atoms with E-state index in [2.05, 4.69) is 24.9 Å². The van der Waals surface area contributed by atoms with Gasteiger partial charge in [0.2, 0.25) is 0 Å². The number of oxazole rings is 1. The molecule has 0 atom stereocenters. The Morgan fingerprint density at radius 3 is 3.00 bits per heavy atom. The van der Waals surface area contributed by atoms with Crippen molar-refractivity contribution in [3.63, 3.8) is 0 Å². The third-order valence-corrected chi connectivity index (χ3v) is 2.12. The molecule has 6 nitrogen and oxygen atoms in total. The molecule has 0 aliphatic heterocycles. The van der Waals surface area contributed by atoms with Crippen LogP contribution in [0.25, 0.3) is 22.7 Å². The van der Waals surface area contributed by atoms with E-state index in [1.807, 2.05) is 6.92 Å². The van der Waals surface area contributed by atoms with E-state index in [9.17, 15) is 0 Å². The van der Waals surface area contributed by atoms with Crippen molar-refractivity contribution in [3.05, 3.63) is 24.6 Å². The van der Waals surface area contributed by atoms with E-state index >= 15 is 0 Å². The zero-order chi connectivity index (χ0) is 10.3. The molecule has 0 saturated carbocycles. The second-order valence-electron chi connectivity index (χ2n) is 3.11. The molecule has 3 rings (SSSR count). The molecule has 1 N–H and O–H groups in total. The average molecular weight is 201 g/mol. The first-order chi connectivity index (χ1) is 7.34. The number of hydrogen-bond acceptors (Lipinski definition) is 5. The van der Waals surface area contributed by atoms with Gasteiger partial charge in [-0.05, 0) is 6.92 Å². The second kappa shape index (κ2) is 2.88. The van der Waals surface area contributed by atoms with Crippen LogP contribution in [0.2, 0.25) is 0 Å². The summed E-state index contributed by atoms with van der Waals surface area (Å²) >= 11 is 0. The Morgan fingerprint density at radius 2 is 2.27 bits per heavy atom. The second-order valence-corrected chi connectivity index (χ2v) is 3.11. The summed E-state index contributed by atoms with van der Waals surface area (Å²) in [5, 5.41) is 0. The molecule has 74 valence electrons. The minimum absolute atomic E-state index is 0.621. The molecular weight excluding hydrogens is 194 g/mol. The highest BCUT2D eigenvalue weighted by Gasteiger charge is 2.11. The molecule has 15 heavy (non-hydrogen) atoms. The van der Waals surface area contributed by atoms with Crippen LogP contribution >= 0.6 is 0 Å². The Morgan fingerprint density at radius 1 is 1.33 bits per heavy atom. The van der Waals surface area contributed by atoms with Crippen molar-refractivity contribution in [2.45, 2.75) is 6.92 Å². The minimum atomic E-state index is 0.621. The van der Waals surface area contributed by atoms with E-state index in [4.69, 9.17) is 4.42 Å². The number of H-pyrrole nitrogens is 1. The molecule has 0 fully saturated rings. The number of nitrogens with one attached hydrogen (secondary N) is 1. The van der Waals surface area contributed by atoms with Crippen molar-refractivity contribution in [1.29, 1.82) is 0 Å². The normalized spacial score (nSPS) is 11.0. The van der Waals surface area contributed by atoms with Crippen molar-refractivity contribution in [3.8, 4) is 11.6 Å². The number of rotatable bonds is 1. The van der Waals surface area contributed by atoms with E-state index in [1.54, 1.807) is 6.20 Å². The highest BCUT2D eigenvalue weighted by atomic mass is 16.3. The van der Waals surface area contributed by atoms with Crippen LogP contribution in [0.4, 0.5) is 0 Å². The van der Waals surface area contributed by atoms with E-state index in [0.717, 1.165) is 11.2 Å². The molecular formula is C9H7N5O. The van der Waals surface area contributed by atoms with Gasteiger partial charge in [0.1, 0.15) is 11.8 Å². The van der Waals surface area contributed by atoms with Gasteiger partial charge in [0.05, 0.1) is 11.9 Å². The summed E-state index contributed by atoms with van der Waals surface area (Å²) in [6, 6.07) is 0. The lowest BCUT2D eigenvalue weighted by molar-refractivity contribution is 0.567. The third kappa shape index (κ3) is 1.18. The first-order valence-corrected chi connectivity index (χ1v) is 4.41. The van der Waals surface area contributed by atoms with Crippen molar-refractivity contribution < 1.29 is 4.42 Å².